The lowest BCUT2D eigenvalue weighted by Crippen LogP contribution is -2.43. The molecule has 1 fully saturated rings. The van der Waals surface area contributed by atoms with E-state index in [0.29, 0.717) is 32.5 Å². The molecule has 24 heavy (non-hydrogen) atoms. The summed E-state index contributed by atoms with van der Waals surface area (Å²) in [5, 5.41) is 11.9. The van der Waals surface area contributed by atoms with Crippen LogP contribution in [0.5, 0.6) is 0 Å². The Morgan fingerprint density at radius 3 is 2.58 bits per heavy atom. The maximum atomic E-state index is 12.2. The molecular formula is C19H26N2O3. The molecule has 0 spiro atoms. The van der Waals surface area contributed by atoms with E-state index in [4.69, 9.17) is 5.11 Å². The third kappa shape index (κ3) is 5.49. The molecule has 0 aliphatic carbocycles. The van der Waals surface area contributed by atoms with Crippen LogP contribution in [0.1, 0.15) is 25.3 Å². The van der Waals surface area contributed by atoms with Crippen LogP contribution in [0.2, 0.25) is 0 Å². The van der Waals surface area contributed by atoms with Crippen molar-refractivity contribution in [3.8, 4) is 0 Å². The number of piperidine rings is 1. The Bertz CT molecular complexity index is 563. The number of hydrogen-bond acceptors (Lipinski definition) is 3. The molecule has 2 N–H and O–H groups in total. The zero-order valence-electron chi connectivity index (χ0n) is 14.1. The molecule has 1 aliphatic rings. The summed E-state index contributed by atoms with van der Waals surface area (Å²) in [7, 11) is 0. The molecule has 5 heteroatoms. The predicted octanol–water partition coefficient (Wildman–Crippen LogP) is 1.68. The molecule has 1 aliphatic heterocycles. The fourth-order valence-corrected chi connectivity index (χ4v) is 2.68. The highest BCUT2D eigenvalue weighted by Gasteiger charge is 2.26. The van der Waals surface area contributed by atoms with Crippen LogP contribution in [0.15, 0.2) is 36.4 Å². The van der Waals surface area contributed by atoms with Gasteiger partial charge in [0.1, 0.15) is 0 Å². The average Bonchev–Trinajstić information content (AvgIpc) is 2.64. The average molecular weight is 330 g/mol. The number of rotatable bonds is 6. The van der Waals surface area contributed by atoms with Gasteiger partial charge in [-0.05, 0) is 30.4 Å². The molecule has 1 heterocycles. The van der Waals surface area contributed by atoms with Gasteiger partial charge in [0.25, 0.3) is 0 Å². The molecule has 2 rings (SSSR count). The number of hydrogen-bond donors (Lipinski definition) is 2. The Labute approximate surface area is 143 Å². The van der Waals surface area contributed by atoms with Crippen molar-refractivity contribution in [2.24, 2.45) is 11.8 Å². The third-order valence-electron chi connectivity index (χ3n) is 4.33. The van der Waals surface area contributed by atoms with Gasteiger partial charge in [-0.25, -0.2) is 0 Å². The molecule has 0 bridgehead atoms. The third-order valence-corrected chi connectivity index (χ3v) is 4.33. The van der Waals surface area contributed by atoms with Crippen LogP contribution < -0.4 is 5.32 Å². The van der Waals surface area contributed by atoms with Crippen molar-refractivity contribution >= 4 is 17.9 Å². The molecule has 0 saturated carbocycles. The zero-order valence-corrected chi connectivity index (χ0v) is 14.1. The van der Waals surface area contributed by atoms with Crippen molar-refractivity contribution < 1.29 is 14.7 Å². The molecule has 1 atom stereocenters. The first-order valence-electron chi connectivity index (χ1n) is 8.50. The molecule has 1 aromatic carbocycles. The van der Waals surface area contributed by atoms with Gasteiger partial charge >= 0.3 is 0 Å². The maximum absolute atomic E-state index is 12.2. The lowest BCUT2D eigenvalue weighted by Gasteiger charge is -2.30. The van der Waals surface area contributed by atoms with Crippen LogP contribution in [-0.2, 0) is 9.59 Å². The molecule has 1 aromatic rings. The minimum absolute atomic E-state index is 0.00776. The topological polar surface area (TPSA) is 69.6 Å². The van der Waals surface area contributed by atoms with Crippen LogP contribution in [0.25, 0.3) is 6.08 Å². The van der Waals surface area contributed by atoms with Gasteiger partial charge in [-0.3, -0.25) is 9.59 Å². The van der Waals surface area contributed by atoms with Crippen LogP contribution >= 0.6 is 0 Å². The second-order valence-electron chi connectivity index (χ2n) is 6.38. The highest BCUT2D eigenvalue weighted by Crippen LogP contribution is 2.18. The summed E-state index contributed by atoms with van der Waals surface area (Å²) in [5.41, 5.74) is 0.998. The summed E-state index contributed by atoms with van der Waals surface area (Å²) in [6, 6.07) is 9.72. The van der Waals surface area contributed by atoms with Crippen molar-refractivity contribution in [2.75, 3.05) is 26.2 Å². The number of nitrogens with zero attached hydrogens (tertiary/aromatic N) is 1. The first-order valence-corrected chi connectivity index (χ1v) is 8.50. The molecule has 1 unspecified atom stereocenters. The molecule has 1 saturated heterocycles. The van der Waals surface area contributed by atoms with Crippen molar-refractivity contribution in [3.05, 3.63) is 42.0 Å². The van der Waals surface area contributed by atoms with Gasteiger partial charge in [0.15, 0.2) is 0 Å². The number of amides is 2. The van der Waals surface area contributed by atoms with E-state index in [1.54, 1.807) is 11.0 Å². The highest BCUT2D eigenvalue weighted by molar-refractivity contribution is 5.92. The lowest BCUT2D eigenvalue weighted by atomic mass is 9.95. The summed E-state index contributed by atoms with van der Waals surface area (Å²) in [5.74, 6) is 0.0469. The maximum Gasteiger partial charge on any atom is 0.246 e. The highest BCUT2D eigenvalue weighted by atomic mass is 16.3. The Kier molecular flexibility index (Phi) is 7.00. The van der Waals surface area contributed by atoms with Gasteiger partial charge in [-0.15, -0.1) is 0 Å². The van der Waals surface area contributed by atoms with Crippen LogP contribution in [0.4, 0.5) is 0 Å². The van der Waals surface area contributed by atoms with Crippen molar-refractivity contribution in [2.45, 2.75) is 19.8 Å². The van der Waals surface area contributed by atoms with E-state index in [-0.39, 0.29) is 30.3 Å². The van der Waals surface area contributed by atoms with E-state index in [9.17, 15) is 9.59 Å². The van der Waals surface area contributed by atoms with Gasteiger partial charge in [0.05, 0.1) is 0 Å². The summed E-state index contributed by atoms with van der Waals surface area (Å²) >= 11 is 0. The van der Waals surface area contributed by atoms with E-state index < -0.39 is 0 Å². The standard InChI is InChI=1S/C19H26N2O3/c1-15(14-22)13-20-19(24)17-9-11-21(12-10-17)18(23)8-7-16-5-3-2-4-6-16/h2-8,15,17,22H,9-14H2,1H3,(H,20,24)/b8-7+. The summed E-state index contributed by atoms with van der Waals surface area (Å²) < 4.78 is 0. The number of aliphatic hydroxyl groups is 1. The van der Waals surface area contributed by atoms with Crippen LogP contribution in [0, 0.1) is 11.8 Å². The summed E-state index contributed by atoms with van der Waals surface area (Å²) in [6.45, 7) is 3.66. The van der Waals surface area contributed by atoms with E-state index in [0.717, 1.165) is 5.56 Å². The van der Waals surface area contributed by atoms with Crippen molar-refractivity contribution in [1.82, 2.24) is 10.2 Å². The molecule has 0 aromatic heterocycles. The minimum Gasteiger partial charge on any atom is -0.396 e. The first kappa shape index (κ1) is 18.2. The predicted molar refractivity (Wildman–Crippen MR) is 94.0 cm³/mol. The Balaban J connectivity index is 1.76. The molecule has 130 valence electrons. The summed E-state index contributed by atoms with van der Waals surface area (Å²) in [6.07, 6.45) is 4.78. The van der Waals surface area contributed by atoms with Gasteiger partial charge in [-0.2, -0.15) is 0 Å². The van der Waals surface area contributed by atoms with Crippen molar-refractivity contribution in [3.63, 3.8) is 0 Å². The number of carbonyl (C=O) groups is 2. The van der Waals surface area contributed by atoms with Gasteiger partial charge in [0, 0.05) is 38.2 Å². The first-order chi connectivity index (χ1) is 11.6. The summed E-state index contributed by atoms with van der Waals surface area (Å²) in [4.78, 5) is 26.1. The van der Waals surface area contributed by atoms with Gasteiger partial charge in [-0.1, -0.05) is 37.3 Å². The van der Waals surface area contributed by atoms with E-state index in [1.165, 1.54) is 0 Å². The molecule has 0 radical (unpaired) electrons. The molecule has 5 nitrogen and oxygen atoms in total. The quantitative estimate of drug-likeness (QED) is 0.780. The zero-order chi connectivity index (χ0) is 17.4. The molecule has 2 amide bonds. The second-order valence-corrected chi connectivity index (χ2v) is 6.38. The number of likely N-dealkylation sites (tertiary alicyclic amines) is 1. The van der Waals surface area contributed by atoms with E-state index in [1.807, 2.05) is 43.3 Å². The Morgan fingerprint density at radius 2 is 1.96 bits per heavy atom. The van der Waals surface area contributed by atoms with Crippen LogP contribution in [0.3, 0.4) is 0 Å². The normalized spacial score (nSPS) is 17.0. The Morgan fingerprint density at radius 1 is 1.29 bits per heavy atom. The van der Waals surface area contributed by atoms with E-state index in [2.05, 4.69) is 5.32 Å². The largest absolute Gasteiger partial charge is 0.396 e. The number of nitrogens with one attached hydrogen (secondary N) is 1. The van der Waals surface area contributed by atoms with Crippen LogP contribution in [-0.4, -0.2) is 48.1 Å². The minimum atomic E-state index is -0.0435. The fraction of sp³-hybridized carbons (Fsp3) is 0.474. The van der Waals surface area contributed by atoms with Gasteiger partial charge in [0.2, 0.25) is 11.8 Å². The fourth-order valence-electron chi connectivity index (χ4n) is 2.68. The monoisotopic (exact) mass is 330 g/mol. The lowest BCUT2D eigenvalue weighted by molar-refractivity contribution is -0.132. The number of aliphatic hydroxyl groups excluding tert-OH is 1. The number of benzene rings is 1. The Hall–Kier alpha value is -2.14. The molecular weight excluding hydrogens is 304 g/mol. The van der Waals surface area contributed by atoms with E-state index >= 15 is 0 Å². The number of carbonyl (C=O) groups excluding carboxylic acids is 2. The van der Waals surface area contributed by atoms with Gasteiger partial charge < -0.3 is 15.3 Å². The van der Waals surface area contributed by atoms with Crippen molar-refractivity contribution in [1.29, 1.82) is 0 Å². The second kappa shape index (κ2) is 9.23. The smallest absolute Gasteiger partial charge is 0.246 e. The SMILES string of the molecule is CC(CO)CNC(=O)C1CCN(C(=O)/C=C/c2ccccc2)CC1.